The number of benzene rings is 2. The summed E-state index contributed by atoms with van der Waals surface area (Å²) in [6, 6.07) is 10.7. The molecule has 0 atom stereocenters. The number of hydrogen-bond acceptors (Lipinski definition) is 6. The second kappa shape index (κ2) is 6.55. The van der Waals surface area contributed by atoms with Crippen LogP contribution < -0.4 is 0 Å². The summed E-state index contributed by atoms with van der Waals surface area (Å²) in [6.07, 6.45) is 0. The molecule has 0 amide bonds. The highest BCUT2D eigenvalue weighted by Gasteiger charge is 2.19. The summed E-state index contributed by atoms with van der Waals surface area (Å²) in [6.45, 7) is 4.00. The molecule has 0 N–H and O–H groups in total. The first kappa shape index (κ1) is 17.3. The van der Waals surface area contributed by atoms with E-state index in [0.29, 0.717) is 27.7 Å². The van der Waals surface area contributed by atoms with Crippen molar-refractivity contribution in [3.63, 3.8) is 0 Å². The molecule has 0 aliphatic heterocycles. The third-order valence-corrected chi connectivity index (χ3v) is 4.68. The number of esters is 1. The van der Waals surface area contributed by atoms with E-state index in [4.69, 9.17) is 20.5 Å². The largest absolute Gasteiger partial charge is 0.465 e. The number of fused-ring (bicyclic) bond motifs is 1. The summed E-state index contributed by atoms with van der Waals surface area (Å²) in [5.74, 6) is 0.585. The average Bonchev–Trinajstić information content (AvgIpc) is 3.31. The van der Waals surface area contributed by atoms with Gasteiger partial charge in [0.25, 0.3) is 5.89 Å². The monoisotopic (exact) mass is 382 g/mol. The molecule has 0 saturated heterocycles. The minimum absolute atomic E-state index is 0.258. The predicted molar refractivity (Wildman–Crippen MR) is 101 cm³/mol. The van der Waals surface area contributed by atoms with E-state index in [0.717, 1.165) is 22.1 Å². The Kier molecular flexibility index (Phi) is 4.20. The van der Waals surface area contributed by atoms with Crippen molar-refractivity contribution in [2.24, 2.45) is 0 Å². The Bertz CT molecular complexity index is 1140. The number of ether oxygens (including phenoxy) is 1. The van der Waals surface area contributed by atoms with Crippen LogP contribution in [-0.4, -0.2) is 23.2 Å². The zero-order valence-corrected chi connectivity index (χ0v) is 15.6. The first-order valence-corrected chi connectivity index (χ1v) is 8.58. The Hall–Kier alpha value is -3.12. The molecule has 27 heavy (non-hydrogen) atoms. The van der Waals surface area contributed by atoms with Crippen molar-refractivity contribution in [2.75, 3.05) is 7.11 Å². The van der Waals surface area contributed by atoms with Crippen molar-refractivity contribution in [1.82, 2.24) is 10.1 Å². The fourth-order valence-corrected chi connectivity index (χ4v) is 3.14. The van der Waals surface area contributed by atoms with Crippen LogP contribution in [0.3, 0.4) is 0 Å². The molecule has 4 aromatic rings. The van der Waals surface area contributed by atoms with E-state index in [9.17, 15) is 4.79 Å². The van der Waals surface area contributed by atoms with Crippen molar-refractivity contribution in [1.29, 1.82) is 0 Å². The summed E-state index contributed by atoms with van der Waals surface area (Å²) in [7, 11) is 1.31. The molecule has 0 bridgehead atoms. The molecular weight excluding hydrogens is 368 g/mol. The molecule has 0 aliphatic carbocycles. The zero-order valence-electron chi connectivity index (χ0n) is 14.9. The van der Waals surface area contributed by atoms with Crippen LogP contribution in [0.5, 0.6) is 0 Å². The van der Waals surface area contributed by atoms with Gasteiger partial charge in [0.15, 0.2) is 5.76 Å². The second-order valence-electron chi connectivity index (χ2n) is 6.16. The number of carbonyl (C=O) groups excluding carboxylic acids is 1. The first-order valence-electron chi connectivity index (χ1n) is 8.20. The van der Waals surface area contributed by atoms with Crippen molar-refractivity contribution in [2.45, 2.75) is 13.8 Å². The fourth-order valence-electron chi connectivity index (χ4n) is 2.87. The third kappa shape index (κ3) is 2.98. The lowest BCUT2D eigenvalue weighted by Crippen LogP contribution is -2.01. The van der Waals surface area contributed by atoms with Gasteiger partial charge >= 0.3 is 5.97 Å². The lowest BCUT2D eigenvalue weighted by Gasteiger charge is -2.02. The van der Waals surface area contributed by atoms with Gasteiger partial charge in [-0.3, -0.25) is 0 Å². The molecule has 2 aromatic carbocycles. The Morgan fingerprint density at radius 1 is 1.11 bits per heavy atom. The van der Waals surface area contributed by atoms with E-state index >= 15 is 0 Å². The number of aromatic nitrogens is 2. The summed E-state index contributed by atoms with van der Waals surface area (Å²) >= 11 is 6.27. The number of furan rings is 1. The molecule has 6 nitrogen and oxygen atoms in total. The molecule has 4 rings (SSSR count). The summed E-state index contributed by atoms with van der Waals surface area (Å²) in [5, 5.41) is 5.31. The van der Waals surface area contributed by atoms with E-state index in [2.05, 4.69) is 14.9 Å². The van der Waals surface area contributed by atoms with E-state index in [1.807, 2.05) is 32.0 Å². The molecule has 0 aliphatic rings. The van der Waals surface area contributed by atoms with Gasteiger partial charge in [0, 0.05) is 10.9 Å². The maximum atomic E-state index is 11.6. The Balaban J connectivity index is 1.73. The topological polar surface area (TPSA) is 78.4 Å². The van der Waals surface area contributed by atoms with E-state index in [1.54, 1.807) is 12.1 Å². The number of methoxy groups -OCH3 is 1. The SMILES string of the molecule is COC(=O)c1ccc(-c2noc(-c3cc4c(C)ccc(C)c4o3)n2)c(Cl)c1. The maximum Gasteiger partial charge on any atom is 0.337 e. The number of aryl methyl sites for hydroxylation is 2. The van der Waals surface area contributed by atoms with Crippen LogP contribution in [0, 0.1) is 13.8 Å². The summed E-state index contributed by atoms with van der Waals surface area (Å²) in [4.78, 5) is 16.0. The molecule has 0 spiro atoms. The standard InChI is InChI=1S/C20H15ClN2O4/c1-10-4-5-11(2)17-14(10)9-16(26-17)19-22-18(23-27-19)13-7-6-12(8-15(13)21)20(24)25-3/h4-9H,1-3H3. The highest BCUT2D eigenvalue weighted by molar-refractivity contribution is 6.33. The summed E-state index contributed by atoms with van der Waals surface area (Å²) < 4.78 is 16.0. The van der Waals surface area contributed by atoms with Crippen LogP contribution in [0.2, 0.25) is 5.02 Å². The second-order valence-corrected chi connectivity index (χ2v) is 6.57. The van der Waals surface area contributed by atoms with Gasteiger partial charge in [0.1, 0.15) is 5.58 Å². The number of rotatable bonds is 3. The molecule has 7 heteroatoms. The van der Waals surface area contributed by atoms with Gasteiger partial charge in [0.05, 0.1) is 17.7 Å². The quantitative estimate of drug-likeness (QED) is 0.453. The van der Waals surface area contributed by atoms with Crippen molar-refractivity contribution < 1.29 is 18.5 Å². The third-order valence-electron chi connectivity index (χ3n) is 4.37. The minimum Gasteiger partial charge on any atom is -0.465 e. The van der Waals surface area contributed by atoms with Gasteiger partial charge < -0.3 is 13.7 Å². The van der Waals surface area contributed by atoms with Gasteiger partial charge in [0.2, 0.25) is 5.82 Å². The normalized spacial score (nSPS) is 11.1. The van der Waals surface area contributed by atoms with Crippen molar-refractivity contribution in [3.05, 3.63) is 58.1 Å². The number of carbonyl (C=O) groups is 1. The zero-order chi connectivity index (χ0) is 19.1. The van der Waals surface area contributed by atoms with Crippen LogP contribution in [0.4, 0.5) is 0 Å². The number of halogens is 1. The molecule has 0 fully saturated rings. The highest BCUT2D eigenvalue weighted by atomic mass is 35.5. The molecule has 2 heterocycles. The van der Waals surface area contributed by atoms with E-state index < -0.39 is 5.97 Å². The Morgan fingerprint density at radius 3 is 2.59 bits per heavy atom. The van der Waals surface area contributed by atoms with Crippen molar-refractivity contribution in [3.8, 4) is 23.0 Å². The highest BCUT2D eigenvalue weighted by Crippen LogP contribution is 2.33. The molecule has 0 radical (unpaired) electrons. The van der Waals surface area contributed by atoms with Gasteiger partial charge in [-0.25, -0.2) is 4.79 Å². The van der Waals surface area contributed by atoms with Crippen LogP contribution in [0.15, 0.2) is 45.3 Å². The molecule has 2 aromatic heterocycles. The van der Waals surface area contributed by atoms with Crippen LogP contribution in [0.25, 0.3) is 34.0 Å². The van der Waals surface area contributed by atoms with E-state index in [1.165, 1.54) is 13.2 Å². The molecule has 136 valence electrons. The molecule has 0 unspecified atom stereocenters. The fraction of sp³-hybridized carbons (Fsp3) is 0.150. The number of hydrogen-bond donors (Lipinski definition) is 0. The molecular formula is C20H15ClN2O4. The van der Waals surface area contributed by atoms with Crippen molar-refractivity contribution >= 4 is 28.5 Å². The average molecular weight is 383 g/mol. The minimum atomic E-state index is -0.467. The Labute approximate surface area is 159 Å². The van der Waals surface area contributed by atoms with Gasteiger partial charge in [-0.2, -0.15) is 4.98 Å². The lowest BCUT2D eigenvalue weighted by atomic mass is 10.1. The van der Waals surface area contributed by atoms with E-state index in [-0.39, 0.29) is 5.89 Å². The van der Waals surface area contributed by atoms with Gasteiger partial charge in [-0.05, 0) is 49.2 Å². The van der Waals surface area contributed by atoms with Gasteiger partial charge in [-0.15, -0.1) is 0 Å². The Morgan fingerprint density at radius 2 is 1.89 bits per heavy atom. The smallest absolute Gasteiger partial charge is 0.337 e. The van der Waals surface area contributed by atoms with Crippen LogP contribution in [-0.2, 0) is 4.74 Å². The van der Waals surface area contributed by atoms with Crippen LogP contribution >= 0.6 is 11.6 Å². The predicted octanol–water partition coefficient (Wildman–Crippen LogP) is 5.21. The maximum absolute atomic E-state index is 11.6. The first-order chi connectivity index (χ1) is 13.0. The lowest BCUT2D eigenvalue weighted by molar-refractivity contribution is 0.0600. The summed E-state index contributed by atoms with van der Waals surface area (Å²) in [5.41, 5.74) is 3.82. The van der Waals surface area contributed by atoms with Gasteiger partial charge in [-0.1, -0.05) is 28.9 Å². The molecule has 0 saturated carbocycles. The number of nitrogens with zero attached hydrogens (tertiary/aromatic N) is 2. The van der Waals surface area contributed by atoms with Crippen LogP contribution in [0.1, 0.15) is 21.5 Å².